The van der Waals surface area contributed by atoms with Crippen LogP contribution in [0.3, 0.4) is 0 Å². The first-order valence-corrected chi connectivity index (χ1v) is 7.74. The van der Waals surface area contributed by atoms with Gasteiger partial charge in [-0.15, -0.1) is 0 Å². The van der Waals surface area contributed by atoms with E-state index in [9.17, 15) is 4.79 Å². The molecule has 1 aromatic rings. The van der Waals surface area contributed by atoms with Crippen LogP contribution in [0, 0.1) is 0 Å². The minimum atomic E-state index is -0.525. The monoisotopic (exact) mass is 291 g/mol. The smallest absolute Gasteiger partial charge is 0.220 e. The van der Waals surface area contributed by atoms with Gasteiger partial charge in [-0.05, 0) is 30.9 Å². The van der Waals surface area contributed by atoms with E-state index in [-0.39, 0.29) is 5.91 Å². The van der Waals surface area contributed by atoms with Crippen molar-refractivity contribution in [3.05, 3.63) is 35.4 Å². The first kappa shape index (κ1) is 16.0. The summed E-state index contributed by atoms with van der Waals surface area (Å²) in [5.74, 6) is -0.445. The van der Waals surface area contributed by atoms with E-state index < -0.39 is 5.79 Å². The van der Waals surface area contributed by atoms with Gasteiger partial charge in [0.05, 0.1) is 13.2 Å². The Hall–Kier alpha value is -1.39. The number of benzene rings is 1. The van der Waals surface area contributed by atoms with Gasteiger partial charge in [-0.2, -0.15) is 0 Å². The molecular weight excluding hydrogens is 266 g/mol. The van der Waals surface area contributed by atoms with E-state index in [1.807, 2.05) is 6.92 Å². The lowest BCUT2D eigenvalue weighted by atomic mass is 10.1. The molecule has 1 amide bonds. The highest BCUT2D eigenvalue weighted by Gasteiger charge is 2.30. The van der Waals surface area contributed by atoms with Crippen LogP contribution < -0.4 is 5.32 Å². The molecule has 1 saturated heterocycles. The fourth-order valence-electron chi connectivity index (χ4n) is 2.42. The van der Waals surface area contributed by atoms with E-state index in [4.69, 9.17) is 9.47 Å². The van der Waals surface area contributed by atoms with Crippen molar-refractivity contribution >= 4 is 5.91 Å². The zero-order chi connectivity index (χ0) is 15.1. The number of nitrogens with one attached hydrogen (secondary N) is 1. The number of amides is 1. The molecule has 4 heteroatoms. The molecule has 0 atom stereocenters. The van der Waals surface area contributed by atoms with Gasteiger partial charge in [0.25, 0.3) is 0 Å². The molecule has 0 aromatic heterocycles. The zero-order valence-corrected chi connectivity index (χ0v) is 13.0. The molecule has 0 saturated carbocycles. The fourth-order valence-corrected chi connectivity index (χ4v) is 2.42. The zero-order valence-electron chi connectivity index (χ0n) is 13.0. The normalized spacial score (nSPS) is 16.9. The molecule has 1 heterocycles. The maximum Gasteiger partial charge on any atom is 0.220 e. The standard InChI is InChI=1S/C17H25NO3/c1-3-14-4-6-15(7-5-14)8-9-16(19)18-11-10-17(2)20-12-13-21-17/h4-7H,3,8-13H2,1-2H3,(H,18,19). The summed E-state index contributed by atoms with van der Waals surface area (Å²) in [6, 6.07) is 8.46. The summed E-state index contributed by atoms with van der Waals surface area (Å²) >= 11 is 0. The first-order valence-electron chi connectivity index (χ1n) is 7.74. The summed E-state index contributed by atoms with van der Waals surface area (Å²) in [4.78, 5) is 11.8. The number of aryl methyl sites for hydroxylation is 2. The summed E-state index contributed by atoms with van der Waals surface area (Å²) in [5.41, 5.74) is 2.53. The molecule has 21 heavy (non-hydrogen) atoms. The average molecular weight is 291 g/mol. The Balaban J connectivity index is 1.64. The van der Waals surface area contributed by atoms with Crippen LogP contribution in [-0.2, 0) is 27.1 Å². The van der Waals surface area contributed by atoms with Gasteiger partial charge >= 0.3 is 0 Å². The number of carbonyl (C=O) groups excluding carboxylic acids is 1. The average Bonchev–Trinajstić information content (AvgIpc) is 2.92. The molecule has 1 aliphatic rings. The Morgan fingerprint density at radius 3 is 2.43 bits per heavy atom. The van der Waals surface area contributed by atoms with Gasteiger partial charge in [0.2, 0.25) is 5.91 Å². The Bertz CT molecular complexity index is 450. The van der Waals surface area contributed by atoms with E-state index in [0.29, 0.717) is 32.6 Å². The second kappa shape index (κ2) is 7.57. The minimum Gasteiger partial charge on any atom is -0.356 e. The molecule has 1 N–H and O–H groups in total. The highest BCUT2D eigenvalue weighted by Crippen LogP contribution is 2.21. The molecule has 1 aromatic carbocycles. The van der Waals surface area contributed by atoms with Gasteiger partial charge in [-0.3, -0.25) is 4.79 Å². The van der Waals surface area contributed by atoms with E-state index in [0.717, 1.165) is 12.8 Å². The van der Waals surface area contributed by atoms with Crippen molar-refractivity contribution < 1.29 is 14.3 Å². The van der Waals surface area contributed by atoms with Gasteiger partial charge in [0.15, 0.2) is 5.79 Å². The number of rotatable bonds is 7. The van der Waals surface area contributed by atoms with Gasteiger partial charge in [0.1, 0.15) is 0 Å². The second-order valence-electron chi connectivity index (χ2n) is 5.60. The molecule has 0 aliphatic carbocycles. The molecule has 1 aliphatic heterocycles. The van der Waals surface area contributed by atoms with Gasteiger partial charge in [0, 0.05) is 19.4 Å². The number of ether oxygens (including phenoxy) is 2. The Morgan fingerprint density at radius 1 is 1.19 bits per heavy atom. The van der Waals surface area contributed by atoms with Crippen LogP contribution in [0.2, 0.25) is 0 Å². The van der Waals surface area contributed by atoms with E-state index >= 15 is 0 Å². The van der Waals surface area contributed by atoms with Crippen molar-refractivity contribution in [3.8, 4) is 0 Å². The molecule has 116 valence electrons. The summed E-state index contributed by atoms with van der Waals surface area (Å²) in [6.07, 6.45) is 3.03. The van der Waals surface area contributed by atoms with Crippen LogP contribution in [0.5, 0.6) is 0 Å². The molecular formula is C17H25NO3. The van der Waals surface area contributed by atoms with Crippen molar-refractivity contribution in [1.82, 2.24) is 5.32 Å². The van der Waals surface area contributed by atoms with Crippen molar-refractivity contribution in [2.24, 2.45) is 0 Å². The lowest BCUT2D eigenvalue weighted by molar-refractivity contribution is -0.146. The van der Waals surface area contributed by atoms with Gasteiger partial charge in [-0.1, -0.05) is 31.2 Å². The van der Waals surface area contributed by atoms with Crippen molar-refractivity contribution in [2.45, 2.75) is 45.3 Å². The number of hydrogen-bond acceptors (Lipinski definition) is 3. The van der Waals surface area contributed by atoms with Gasteiger partial charge in [-0.25, -0.2) is 0 Å². The highest BCUT2D eigenvalue weighted by molar-refractivity contribution is 5.76. The minimum absolute atomic E-state index is 0.0798. The molecule has 0 bridgehead atoms. The largest absolute Gasteiger partial charge is 0.356 e. The molecule has 0 spiro atoms. The lowest BCUT2D eigenvalue weighted by Crippen LogP contribution is -2.33. The van der Waals surface area contributed by atoms with Crippen molar-refractivity contribution in [3.63, 3.8) is 0 Å². The van der Waals surface area contributed by atoms with Crippen LogP contribution in [0.4, 0.5) is 0 Å². The quantitative estimate of drug-likeness (QED) is 0.839. The van der Waals surface area contributed by atoms with Crippen LogP contribution in [0.1, 0.15) is 37.8 Å². The van der Waals surface area contributed by atoms with Crippen molar-refractivity contribution in [1.29, 1.82) is 0 Å². The molecule has 0 radical (unpaired) electrons. The lowest BCUT2D eigenvalue weighted by Gasteiger charge is -2.22. The summed E-state index contributed by atoms with van der Waals surface area (Å²) in [5, 5.41) is 2.93. The third-order valence-electron chi connectivity index (χ3n) is 3.87. The molecule has 4 nitrogen and oxygen atoms in total. The maximum absolute atomic E-state index is 11.8. The third kappa shape index (κ3) is 5.14. The van der Waals surface area contributed by atoms with Crippen LogP contribution in [-0.4, -0.2) is 31.5 Å². The van der Waals surface area contributed by atoms with E-state index in [2.05, 4.69) is 36.5 Å². The summed E-state index contributed by atoms with van der Waals surface area (Å²) in [6.45, 7) is 5.92. The first-order chi connectivity index (χ1) is 10.1. The summed E-state index contributed by atoms with van der Waals surface area (Å²) in [7, 11) is 0. The highest BCUT2D eigenvalue weighted by atomic mass is 16.7. The predicted octanol–water partition coefficient (Wildman–Crippen LogP) is 2.45. The fraction of sp³-hybridized carbons (Fsp3) is 0.588. The van der Waals surface area contributed by atoms with Crippen LogP contribution in [0.25, 0.3) is 0 Å². The topological polar surface area (TPSA) is 47.6 Å². The predicted molar refractivity (Wildman–Crippen MR) is 82.1 cm³/mol. The molecule has 0 unspecified atom stereocenters. The number of hydrogen-bond donors (Lipinski definition) is 1. The van der Waals surface area contributed by atoms with Crippen LogP contribution >= 0.6 is 0 Å². The maximum atomic E-state index is 11.8. The van der Waals surface area contributed by atoms with Crippen LogP contribution in [0.15, 0.2) is 24.3 Å². The van der Waals surface area contributed by atoms with E-state index in [1.54, 1.807) is 0 Å². The van der Waals surface area contributed by atoms with Gasteiger partial charge < -0.3 is 14.8 Å². The Labute approximate surface area is 126 Å². The Kier molecular flexibility index (Phi) is 5.76. The SMILES string of the molecule is CCc1ccc(CCC(=O)NCCC2(C)OCCO2)cc1. The molecule has 1 fully saturated rings. The number of carbonyl (C=O) groups is 1. The summed E-state index contributed by atoms with van der Waals surface area (Å²) < 4.78 is 11.0. The molecule has 2 rings (SSSR count). The third-order valence-corrected chi connectivity index (χ3v) is 3.87. The Morgan fingerprint density at radius 2 is 1.81 bits per heavy atom. The van der Waals surface area contributed by atoms with E-state index in [1.165, 1.54) is 11.1 Å². The van der Waals surface area contributed by atoms with Crippen molar-refractivity contribution in [2.75, 3.05) is 19.8 Å². The second-order valence-corrected chi connectivity index (χ2v) is 5.60.